The highest BCUT2D eigenvalue weighted by Crippen LogP contribution is 2.07. The molecule has 1 rings (SSSR count). The van der Waals surface area contributed by atoms with Crippen molar-refractivity contribution < 1.29 is 9.90 Å². The highest BCUT2D eigenvalue weighted by molar-refractivity contribution is 5.80. The van der Waals surface area contributed by atoms with Crippen molar-refractivity contribution in [2.75, 3.05) is 5.32 Å². The zero-order valence-corrected chi connectivity index (χ0v) is 6.13. The molecule has 0 unspecified atom stereocenters. The van der Waals surface area contributed by atoms with E-state index in [4.69, 9.17) is 0 Å². The summed E-state index contributed by atoms with van der Waals surface area (Å²) in [5.74, 6) is 0. The molecule has 1 aromatic carbocycles. The molecule has 0 radical (unpaired) electrons. The van der Waals surface area contributed by atoms with E-state index in [1.54, 1.807) is 12.1 Å². The van der Waals surface area contributed by atoms with Crippen molar-refractivity contribution in [3.8, 4) is 0 Å². The van der Waals surface area contributed by atoms with Crippen LogP contribution < -0.4 is 10.4 Å². The lowest BCUT2D eigenvalue weighted by Gasteiger charge is -2.05. The molecule has 0 spiro atoms. The summed E-state index contributed by atoms with van der Waals surface area (Å²) < 4.78 is 0. The zero-order chi connectivity index (χ0) is 8.27. The van der Waals surface area contributed by atoms with E-state index < -0.39 is 6.09 Å². The van der Waals surface area contributed by atoms with E-state index in [1.165, 1.54) is 0 Å². The third kappa shape index (κ3) is 2.29. The molecule has 3 nitrogen and oxygen atoms in total. The van der Waals surface area contributed by atoms with Crippen LogP contribution in [0.4, 0.5) is 10.5 Å². The van der Waals surface area contributed by atoms with Crippen LogP contribution in [0.3, 0.4) is 0 Å². The van der Waals surface area contributed by atoms with Gasteiger partial charge in [0.1, 0.15) is 6.09 Å². The van der Waals surface area contributed by atoms with Crippen LogP contribution in [-0.4, -0.2) is 6.09 Å². The molecule has 0 aromatic heterocycles. The first-order valence-corrected chi connectivity index (χ1v) is 3.23. The number of rotatable bonds is 1. The van der Waals surface area contributed by atoms with Crippen molar-refractivity contribution in [3.63, 3.8) is 0 Å². The molecule has 0 heterocycles. The Hall–Kier alpha value is -1.51. The summed E-state index contributed by atoms with van der Waals surface area (Å²) in [7, 11) is 0. The second-order valence-corrected chi connectivity index (χ2v) is 2.28. The van der Waals surface area contributed by atoms with Gasteiger partial charge in [-0.2, -0.15) is 0 Å². The molecular weight excluding hydrogens is 142 g/mol. The largest absolute Gasteiger partial charge is 0.530 e. The fraction of sp³-hybridized carbons (Fsp3) is 0.125. The maximum Gasteiger partial charge on any atom is 0.138 e. The van der Waals surface area contributed by atoms with Crippen LogP contribution in [0.15, 0.2) is 24.3 Å². The monoisotopic (exact) mass is 150 g/mol. The Labute approximate surface area is 64.7 Å². The summed E-state index contributed by atoms with van der Waals surface area (Å²) in [4.78, 5) is 10.0. The quantitative estimate of drug-likeness (QED) is 0.642. The van der Waals surface area contributed by atoms with Crippen LogP contribution in [0.25, 0.3) is 0 Å². The summed E-state index contributed by atoms with van der Waals surface area (Å²) in [6.07, 6.45) is -1.28. The van der Waals surface area contributed by atoms with Crippen LogP contribution in [0.1, 0.15) is 5.56 Å². The summed E-state index contributed by atoms with van der Waals surface area (Å²) in [5, 5.41) is 12.2. The van der Waals surface area contributed by atoms with Crippen molar-refractivity contribution in [3.05, 3.63) is 29.8 Å². The van der Waals surface area contributed by atoms with Gasteiger partial charge in [0.25, 0.3) is 0 Å². The SMILES string of the molecule is Cc1ccc(NC(=O)[O-])cc1. The summed E-state index contributed by atoms with van der Waals surface area (Å²) >= 11 is 0. The van der Waals surface area contributed by atoms with Crippen molar-refractivity contribution in [2.45, 2.75) is 6.92 Å². The van der Waals surface area contributed by atoms with E-state index in [2.05, 4.69) is 5.32 Å². The Morgan fingerprint density at radius 2 is 1.91 bits per heavy atom. The summed E-state index contributed by atoms with van der Waals surface area (Å²) in [6.45, 7) is 1.93. The second-order valence-electron chi connectivity index (χ2n) is 2.28. The number of benzene rings is 1. The first kappa shape index (κ1) is 7.60. The van der Waals surface area contributed by atoms with Gasteiger partial charge in [0.05, 0.1) is 0 Å². The predicted molar refractivity (Wildman–Crippen MR) is 40.2 cm³/mol. The molecule has 0 bridgehead atoms. The normalized spacial score (nSPS) is 9.18. The molecule has 1 amide bonds. The van der Waals surface area contributed by atoms with Crippen molar-refractivity contribution >= 4 is 11.8 Å². The van der Waals surface area contributed by atoms with Gasteiger partial charge in [-0.1, -0.05) is 17.7 Å². The van der Waals surface area contributed by atoms with Gasteiger partial charge in [0.2, 0.25) is 0 Å². The summed E-state index contributed by atoms with van der Waals surface area (Å²) in [6, 6.07) is 7.02. The van der Waals surface area contributed by atoms with Crippen LogP contribution in [0.2, 0.25) is 0 Å². The van der Waals surface area contributed by atoms with Gasteiger partial charge in [0, 0.05) is 5.69 Å². The number of nitrogens with one attached hydrogen (secondary N) is 1. The number of aryl methyl sites for hydroxylation is 1. The van der Waals surface area contributed by atoms with Gasteiger partial charge in [-0.15, -0.1) is 0 Å². The first-order chi connectivity index (χ1) is 5.18. The zero-order valence-electron chi connectivity index (χ0n) is 6.13. The molecule has 0 saturated carbocycles. The lowest BCUT2D eigenvalue weighted by molar-refractivity contribution is -0.242. The molecule has 0 fully saturated rings. The van der Waals surface area contributed by atoms with Gasteiger partial charge in [-0.3, -0.25) is 0 Å². The summed E-state index contributed by atoms with van der Waals surface area (Å²) in [5.41, 5.74) is 1.63. The van der Waals surface area contributed by atoms with Crippen molar-refractivity contribution in [1.82, 2.24) is 0 Å². The van der Waals surface area contributed by atoms with E-state index in [0.29, 0.717) is 5.69 Å². The maximum atomic E-state index is 10.0. The van der Waals surface area contributed by atoms with E-state index in [-0.39, 0.29) is 0 Å². The fourth-order valence-corrected chi connectivity index (χ4v) is 0.755. The number of anilines is 1. The molecule has 3 heteroatoms. The molecule has 0 aliphatic carbocycles. The molecule has 0 aliphatic heterocycles. The second kappa shape index (κ2) is 3.05. The van der Waals surface area contributed by atoms with E-state index in [1.807, 2.05) is 19.1 Å². The standard InChI is InChI=1S/C8H9NO2/c1-6-2-4-7(5-3-6)9-8(10)11/h2-5,9H,1H3,(H,10,11)/p-1. The van der Waals surface area contributed by atoms with Crippen LogP contribution in [0, 0.1) is 6.92 Å². The minimum Gasteiger partial charge on any atom is -0.530 e. The van der Waals surface area contributed by atoms with Crippen LogP contribution in [-0.2, 0) is 0 Å². The third-order valence-corrected chi connectivity index (χ3v) is 1.30. The number of amides is 1. The average molecular weight is 150 g/mol. The Morgan fingerprint density at radius 3 is 2.36 bits per heavy atom. The van der Waals surface area contributed by atoms with Crippen LogP contribution in [0.5, 0.6) is 0 Å². The fourth-order valence-electron chi connectivity index (χ4n) is 0.755. The maximum absolute atomic E-state index is 10.0. The number of hydrogen-bond donors (Lipinski definition) is 1. The average Bonchev–Trinajstić information content (AvgIpc) is 1.93. The van der Waals surface area contributed by atoms with Gasteiger partial charge >= 0.3 is 0 Å². The van der Waals surface area contributed by atoms with Crippen molar-refractivity contribution in [2.24, 2.45) is 0 Å². The predicted octanol–water partition coefficient (Wildman–Crippen LogP) is 0.750. The molecule has 0 aliphatic rings. The van der Waals surface area contributed by atoms with E-state index in [0.717, 1.165) is 5.56 Å². The number of carbonyl (C=O) groups excluding carboxylic acids is 1. The lowest BCUT2D eigenvalue weighted by atomic mass is 10.2. The molecule has 11 heavy (non-hydrogen) atoms. The minimum atomic E-state index is -1.28. The van der Waals surface area contributed by atoms with E-state index in [9.17, 15) is 9.90 Å². The number of hydrogen-bond acceptors (Lipinski definition) is 2. The van der Waals surface area contributed by atoms with Crippen LogP contribution >= 0.6 is 0 Å². The minimum absolute atomic E-state index is 0.538. The van der Waals surface area contributed by atoms with Gasteiger partial charge in [0.15, 0.2) is 0 Å². The lowest BCUT2D eigenvalue weighted by Crippen LogP contribution is -2.28. The molecule has 1 N–H and O–H groups in total. The topological polar surface area (TPSA) is 52.2 Å². The first-order valence-electron chi connectivity index (χ1n) is 3.23. The molecule has 0 saturated heterocycles. The Morgan fingerprint density at radius 1 is 1.36 bits per heavy atom. The Kier molecular flexibility index (Phi) is 2.11. The Balaban J connectivity index is 2.74. The highest BCUT2D eigenvalue weighted by atomic mass is 16.4. The van der Waals surface area contributed by atoms with Gasteiger partial charge in [-0.05, 0) is 19.1 Å². The molecule has 58 valence electrons. The van der Waals surface area contributed by atoms with Gasteiger partial charge in [-0.25, -0.2) is 0 Å². The van der Waals surface area contributed by atoms with E-state index >= 15 is 0 Å². The number of carbonyl (C=O) groups is 1. The molecule has 1 aromatic rings. The molecule has 0 atom stereocenters. The highest BCUT2D eigenvalue weighted by Gasteiger charge is 1.88. The smallest absolute Gasteiger partial charge is 0.138 e. The van der Waals surface area contributed by atoms with Gasteiger partial charge < -0.3 is 15.2 Å². The Bertz CT molecular complexity index is 253. The third-order valence-electron chi connectivity index (χ3n) is 1.30. The number of carboxylic acid groups (broad SMARTS) is 1. The molecular formula is C8H8NO2-. The van der Waals surface area contributed by atoms with Crippen molar-refractivity contribution in [1.29, 1.82) is 0 Å².